The Morgan fingerprint density at radius 1 is 1.15 bits per heavy atom. The minimum Gasteiger partial charge on any atom is -0.457 e. The fourth-order valence-electron chi connectivity index (χ4n) is 2.49. The van der Waals surface area contributed by atoms with Gasteiger partial charge in [0.25, 0.3) is 0 Å². The molecule has 7 nitrogen and oxygen atoms in total. The molecule has 0 saturated carbocycles. The van der Waals surface area contributed by atoms with Crippen LogP contribution in [-0.4, -0.2) is 34.0 Å². The lowest BCUT2D eigenvalue weighted by Gasteiger charge is -2.07. The number of nitrogens with one attached hydrogen (secondary N) is 1. The first-order chi connectivity index (χ1) is 12.3. The summed E-state index contributed by atoms with van der Waals surface area (Å²) in [5.41, 5.74) is 3.53. The number of hydrogen-bond donors (Lipinski definition) is 1. The number of ether oxygens (including phenoxy) is 1. The van der Waals surface area contributed by atoms with E-state index in [9.17, 15) is 14.4 Å². The van der Waals surface area contributed by atoms with Crippen molar-refractivity contribution in [3.05, 3.63) is 46.8 Å². The minimum atomic E-state index is -0.468. The lowest BCUT2D eigenvalue weighted by molar-refractivity contribution is -0.141. The summed E-state index contributed by atoms with van der Waals surface area (Å²) in [5, 5.41) is 6.96. The van der Waals surface area contributed by atoms with Crippen LogP contribution in [0.2, 0.25) is 0 Å². The summed E-state index contributed by atoms with van der Waals surface area (Å²) in [7, 11) is 1.81. The van der Waals surface area contributed by atoms with Gasteiger partial charge in [-0.05, 0) is 38.1 Å². The first-order valence-electron chi connectivity index (χ1n) is 8.39. The van der Waals surface area contributed by atoms with E-state index in [1.807, 2.05) is 20.9 Å². The van der Waals surface area contributed by atoms with Gasteiger partial charge in [0.1, 0.15) is 0 Å². The third-order valence-electron chi connectivity index (χ3n) is 4.16. The maximum Gasteiger partial charge on any atom is 0.310 e. The zero-order valence-corrected chi connectivity index (χ0v) is 15.5. The molecule has 0 radical (unpaired) electrons. The van der Waals surface area contributed by atoms with E-state index in [4.69, 9.17) is 4.74 Å². The molecule has 0 aliphatic carbocycles. The Morgan fingerprint density at radius 3 is 2.35 bits per heavy atom. The third kappa shape index (κ3) is 4.78. The van der Waals surface area contributed by atoms with Crippen LogP contribution in [0.3, 0.4) is 0 Å². The van der Waals surface area contributed by atoms with Crippen LogP contribution < -0.4 is 5.32 Å². The third-order valence-corrected chi connectivity index (χ3v) is 4.16. The molecule has 7 heteroatoms. The molecule has 1 aromatic heterocycles. The van der Waals surface area contributed by atoms with Crippen LogP contribution in [0.4, 0.5) is 5.69 Å². The molecule has 0 spiro atoms. The number of carbonyl (C=O) groups excluding carboxylic acids is 3. The highest BCUT2D eigenvalue weighted by atomic mass is 16.5. The standard InChI is InChI=1S/C19H23N3O4/c1-5-18(24)20-15-8-6-14(7-9-15)17(23)11-26-19(25)10-16-12(2)21-22(4)13(16)3/h6-9H,5,10-11H2,1-4H3,(H,20,24). The van der Waals surface area contributed by atoms with Gasteiger partial charge in [-0.1, -0.05) is 6.92 Å². The van der Waals surface area contributed by atoms with E-state index in [-0.39, 0.29) is 24.7 Å². The lowest BCUT2D eigenvalue weighted by Crippen LogP contribution is -2.16. The predicted molar refractivity (Wildman–Crippen MR) is 97.0 cm³/mol. The molecule has 0 aliphatic rings. The summed E-state index contributed by atoms with van der Waals surface area (Å²) in [4.78, 5) is 35.5. The summed E-state index contributed by atoms with van der Waals surface area (Å²) in [6.07, 6.45) is 0.466. The Morgan fingerprint density at radius 2 is 1.81 bits per heavy atom. The first kappa shape index (κ1) is 19.4. The molecule has 1 N–H and O–H groups in total. The quantitative estimate of drug-likeness (QED) is 0.607. The monoisotopic (exact) mass is 357 g/mol. The molecule has 1 amide bonds. The lowest BCUT2D eigenvalue weighted by atomic mass is 10.1. The molecule has 0 unspecified atom stereocenters. The van der Waals surface area contributed by atoms with Gasteiger partial charge in [0, 0.05) is 36.0 Å². The summed E-state index contributed by atoms with van der Waals surface area (Å²) < 4.78 is 6.81. The Balaban J connectivity index is 1.89. The molecule has 2 rings (SSSR count). The van der Waals surface area contributed by atoms with Gasteiger partial charge >= 0.3 is 5.97 Å². The van der Waals surface area contributed by atoms with Crippen LogP contribution in [0.5, 0.6) is 0 Å². The van der Waals surface area contributed by atoms with Gasteiger partial charge in [-0.3, -0.25) is 19.1 Å². The molecule has 138 valence electrons. The van der Waals surface area contributed by atoms with E-state index in [2.05, 4.69) is 10.4 Å². The molecule has 1 aromatic carbocycles. The fourth-order valence-corrected chi connectivity index (χ4v) is 2.49. The SMILES string of the molecule is CCC(=O)Nc1ccc(C(=O)COC(=O)Cc2c(C)nn(C)c2C)cc1. The number of aromatic nitrogens is 2. The van der Waals surface area contributed by atoms with Gasteiger partial charge in [-0.2, -0.15) is 5.10 Å². The van der Waals surface area contributed by atoms with Crippen molar-refractivity contribution in [2.45, 2.75) is 33.6 Å². The molecule has 2 aromatic rings. The molecule has 26 heavy (non-hydrogen) atoms. The van der Waals surface area contributed by atoms with Crippen LogP contribution >= 0.6 is 0 Å². The molecular weight excluding hydrogens is 334 g/mol. The van der Waals surface area contributed by atoms with E-state index in [1.54, 1.807) is 35.9 Å². The molecule has 1 heterocycles. The van der Waals surface area contributed by atoms with Crippen LogP contribution in [0.25, 0.3) is 0 Å². The Bertz CT molecular complexity index is 822. The van der Waals surface area contributed by atoms with E-state index in [1.165, 1.54) is 0 Å². The Labute approximate surface area is 152 Å². The van der Waals surface area contributed by atoms with Crippen molar-refractivity contribution < 1.29 is 19.1 Å². The molecule has 0 aliphatic heterocycles. The molecule has 0 fully saturated rings. The maximum atomic E-state index is 12.1. The molecular formula is C19H23N3O4. The van der Waals surface area contributed by atoms with Gasteiger partial charge in [0.2, 0.25) is 5.91 Å². The molecule has 0 atom stereocenters. The largest absolute Gasteiger partial charge is 0.457 e. The van der Waals surface area contributed by atoms with Crippen molar-refractivity contribution in [2.24, 2.45) is 7.05 Å². The fraction of sp³-hybridized carbons (Fsp3) is 0.368. The number of nitrogens with zero attached hydrogens (tertiary/aromatic N) is 2. The van der Waals surface area contributed by atoms with E-state index < -0.39 is 5.97 Å². The number of Topliss-reactive ketones (excluding diaryl/α,β-unsaturated/α-hetero) is 1. The number of anilines is 1. The first-order valence-corrected chi connectivity index (χ1v) is 8.39. The number of aryl methyl sites for hydroxylation is 2. The van der Waals surface area contributed by atoms with Crippen molar-refractivity contribution >= 4 is 23.3 Å². The Hall–Kier alpha value is -2.96. The second-order valence-electron chi connectivity index (χ2n) is 6.01. The van der Waals surface area contributed by atoms with E-state index in [0.29, 0.717) is 17.7 Å². The summed E-state index contributed by atoms with van der Waals surface area (Å²) in [6.45, 7) is 5.15. The van der Waals surface area contributed by atoms with Gasteiger partial charge in [0.15, 0.2) is 12.4 Å². The topological polar surface area (TPSA) is 90.3 Å². The highest BCUT2D eigenvalue weighted by Gasteiger charge is 2.16. The molecule has 0 bridgehead atoms. The van der Waals surface area contributed by atoms with Crippen molar-refractivity contribution in [1.82, 2.24) is 9.78 Å². The minimum absolute atomic E-state index is 0.0841. The second-order valence-corrected chi connectivity index (χ2v) is 6.01. The van der Waals surface area contributed by atoms with Crippen LogP contribution in [0.1, 0.15) is 40.7 Å². The zero-order chi connectivity index (χ0) is 19.3. The highest BCUT2D eigenvalue weighted by molar-refractivity contribution is 5.98. The van der Waals surface area contributed by atoms with Gasteiger partial charge in [0.05, 0.1) is 12.1 Å². The number of benzene rings is 1. The number of ketones is 1. The van der Waals surface area contributed by atoms with E-state index in [0.717, 1.165) is 17.0 Å². The molecule has 0 saturated heterocycles. The van der Waals surface area contributed by atoms with Crippen LogP contribution in [-0.2, 0) is 27.8 Å². The summed E-state index contributed by atoms with van der Waals surface area (Å²) in [5.74, 6) is -0.866. The summed E-state index contributed by atoms with van der Waals surface area (Å²) >= 11 is 0. The van der Waals surface area contributed by atoms with Crippen molar-refractivity contribution in [2.75, 3.05) is 11.9 Å². The highest BCUT2D eigenvalue weighted by Crippen LogP contribution is 2.14. The normalized spacial score (nSPS) is 10.5. The average Bonchev–Trinajstić information content (AvgIpc) is 2.86. The van der Waals surface area contributed by atoms with Crippen LogP contribution in [0.15, 0.2) is 24.3 Å². The van der Waals surface area contributed by atoms with Crippen molar-refractivity contribution in [1.29, 1.82) is 0 Å². The van der Waals surface area contributed by atoms with Crippen molar-refractivity contribution in [3.8, 4) is 0 Å². The van der Waals surface area contributed by atoms with Crippen molar-refractivity contribution in [3.63, 3.8) is 0 Å². The van der Waals surface area contributed by atoms with E-state index >= 15 is 0 Å². The zero-order valence-electron chi connectivity index (χ0n) is 15.5. The summed E-state index contributed by atoms with van der Waals surface area (Å²) in [6, 6.07) is 6.48. The number of hydrogen-bond acceptors (Lipinski definition) is 5. The number of rotatable bonds is 7. The van der Waals surface area contributed by atoms with Gasteiger partial charge in [-0.25, -0.2) is 0 Å². The van der Waals surface area contributed by atoms with Gasteiger partial charge < -0.3 is 10.1 Å². The predicted octanol–water partition coefficient (Wildman–Crippen LogP) is 2.35. The maximum absolute atomic E-state index is 12.1. The average molecular weight is 357 g/mol. The van der Waals surface area contributed by atoms with Crippen LogP contribution in [0, 0.1) is 13.8 Å². The van der Waals surface area contributed by atoms with Gasteiger partial charge in [-0.15, -0.1) is 0 Å². The Kier molecular flexibility index (Phi) is 6.27. The number of carbonyl (C=O) groups is 3. The second kappa shape index (κ2) is 8.42. The smallest absolute Gasteiger partial charge is 0.310 e. The number of amides is 1. The number of esters is 1.